The number of alkyl halides is 2. The molecule has 1 saturated carbocycles. The average molecular weight is 334 g/mol. The highest BCUT2D eigenvalue weighted by atomic mass is 19.3. The number of aryl methyl sites for hydroxylation is 1. The normalized spacial score (nSPS) is 19.3. The molecular formula is C17H20F2N4O. The summed E-state index contributed by atoms with van der Waals surface area (Å²) in [5.41, 5.74) is 0.936. The molecule has 1 aromatic heterocycles. The van der Waals surface area contributed by atoms with Crippen molar-refractivity contribution in [3.63, 3.8) is 0 Å². The molecule has 0 unspecified atom stereocenters. The molecular weight excluding hydrogens is 314 g/mol. The minimum atomic E-state index is -2.57. The summed E-state index contributed by atoms with van der Waals surface area (Å²) >= 11 is 0. The maximum absolute atomic E-state index is 13.1. The summed E-state index contributed by atoms with van der Waals surface area (Å²) in [5.74, 6) is -2.14. The number of nitrogens with one attached hydrogen (secondary N) is 1. The number of nitrogens with zero attached hydrogens (tertiary/aromatic N) is 3. The zero-order chi connectivity index (χ0) is 17.0. The highest BCUT2D eigenvalue weighted by molar-refractivity contribution is 5.76. The molecule has 0 spiro atoms. The first-order chi connectivity index (χ1) is 11.5. The average Bonchev–Trinajstić information content (AvgIpc) is 3.18. The Morgan fingerprint density at radius 1 is 1.33 bits per heavy atom. The van der Waals surface area contributed by atoms with Crippen molar-refractivity contribution in [2.75, 3.05) is 6.54 Å². The zero-order valence-corrected chi connectivity index (χ0v) is 13.3. The van der Waals surface area contributed by atoms with E-state index in [0.717, 1.165) is 5.69 Å². The molecule has 0 saturated heterocycles. The van der Waals surface area contributed by atoms with Crippen LogP contribution in [0.5, 0.6) is 0 Å². The van der Waals surface area contributed by atoms with Gasteiger partial charge in [-0.05, 0) is 24.5 Å². The minimum Gasteiger partial charge on any atom is -0.356 e. The second-order valence-corrected chi connectivity index (χ2v) is 6.22. The summed E-state index contributed by atoms with van der Waals surface area (Å²) < 4.78 is 28.1. The van der Waals surface area contributed by atoms with Crippen molar-refractivity contribution in [1.29, 1.82) is 0 Å². The molecule has 2 aromatic rings. The Balaban J connectivity index is 1.48. The fraction of sp³-hybridized carbons (Fsp3) is 0.471. The van der Waals surface area contributed by atoms with Gasteiger partial charge in [-0.3, -0.25) is 9.36 Å². The van der Waals surface area contributed by atoms with Gasteiger partial charge in [-0.15, -0.1) is 10.2 Å². The molecule has 1 heterocycles. The van der Waals surface area contributed by atoms with Crippen LogP contribution in [0.25, 0.3) is 5.69 Å². The fourth-order valence-corrected chi connectivity index (χ4v) is 3.02. The van der Waals surface area contributed by atoms with E-state index in [1.165, 1.54) is 0 Å². The smallest absolute Gasteiger partial charge is 0.248 e. The third kappa shape index (κ3) is 4.15. The van der Waals surface area contributed by atoms with Crippen molar-refractivity contribution >= 4 is 5.91 Å². The summed E-state index contributed by atoms with van der Waals surface area (Å²) in [4.78, 5) is 11.9. The number of carbonyl (C=O) groups excluding carboxylic acids is 1. The lowest BCUT2D eigenvalue weighted by Crippen LogP contribution is -2.29. The van der Waals surface area contributed by atoms with Gasteiger partial charge in [0.25, 0.3) is 0 Å². The van der Waals surface area contributed by atoms with Crippen molar-refractivity contribution in [1.82, 2.24) is 20.1 Å². The summed E-state index contributed by atoms with van der Waals surface area (Å²) in [7, 11) is 0. The summed E-state index contributed by atoms with van der Waals surface area (Å²) in [6.07, 6.45) is 2.58. The van der Waals surface area contributed by atoms with E-state index in [-0.39, 0.29) is 31.1 Å². The highest BCUT2D eigenvalue weighted by Crippen LogP contribution is 2.38. The quantitative estimate of drug-likeness (QED) is 0.884. The van der Waals surface area contributed by atoms with Crippen LogP contribution >= 0.6 is 0 Å². The summed E-state index contributed by atoms with van der Waals surface area (Å²) in [6, 6.07) is 9.64. The van der Waals surface area contributed by atoms with Gasteiger partial charge >= 0.3 is 0 Å². The van der Waals surface area contributed by atoms with Gasteiger partial charge in [0.2, 0.25) is 11.8 Å². The second kappa shape index (κ2) is 7.07. The monoisotopic (exact) mass is 334 g/mol. The van der Waals surface area contributed by atoms with Crippen LogP contribution in [-0.2, 0) is 11.2 Å². The van der Waals surface area contributed by atoms with Crippen molar-refractivity contribution in [2.24, 2.45) is 5.92 Å². The molecule has 0 radical (unpaired) electrons. The third-order valence-electron chi connectivity index (χ3n) is 4.32. The van der Waals surface area contributed by atoms with E-state index < -0.39 is 5.92 Å². The lowest BCUT2D eigenvalue weighted by molar-refractivity contribution is -0.121. The van der Waals surface area contributed by atoms with E-state index in [1.54, 1.807) is 6.33 Å². The third-order valence-corrected chi connectivity index (χ3v) is 4.32. The molecule has 7 heteroatoms. The van der Waals surface area contributed by atoms with Crippen LogP contribution in [0.3, 0.4) is 0 Å². The molecule has 0 bridgehead atoms. The van der Waals surface area contributed by atoms with Crippen LogP contribution in [0.1, 0.15) is 31.5 Å². The van der Waals surface area contributed by atoms with Gasteiger partial charge < -0.3 is 5.32 Å². The van der Waals surface area contributed by atoms with E-state index in [9.17, 15) is 13.6 Å². The Kier molecular flexibility index (Phi) is 4.87. The van der Waals surface area contributed by atoms with Gasteiger partial charge in [-0.25, -0.2) is 8.78 Å². The second-order valence-electron chi connectivity index (χ2n) is 6.22. The summed E-state index contributed by atoms with van der Waals surface area (Å²) in [5, 5.41) is 10.7. The molecule has 3 rings (SSSR count). The van der Waals surface area contributed by atoms with E-state index >= 15 is 0 Å². The first-order valence-corrected chi connectivity index (χ1v) is 8.12. The number of amides is 1. The number of aromatic nitrogens is 3. The van der Waals surface area contributed by atoms with Crippen LogP contribution in [-0.4, -0.2) is 33.1 Å². The van der Waals surface area contributed by atoms with Crippen LogP contribution in [0.4, 0.5) is 8.78 Å². The first kappa shape index (κ1) is 16.5. The molecule has 128 valence electrons. The van der Waals surface area contributed by atoms with E-state index in [2.05, 4.69) is 15.5 Å². The largest absolute Gasteiger partial charge is 0.356 e. The zero-order valence-electron chi connectivity index (χ0n) is 13.3. The van der Waals surface area contributed by atoms with Crippen molar-refractivity contribution < 1.29 is 13.6 Å². The molecule has 1 fully saturated rings. The molecule has 1 aromatic carbocycles. The van der Waals surface area contributed by atoms with Crippen LogP contribution in [0, 0.1) is 5.92 Å². The van der Waals surface area contributed by atoms with Crippen LogP contribution in [0.15, 0.2) is 36.7 Å². The lowest BCUT2D eigenvalue weighted by atomic mass is 10.1. The Labute approximate surface area is 139 Å². The van der Waals surface area contributed by atoms with Gasteiger partial charge in [0.05, 0.1) is 0 Å². The molecule has 0 aliphatic heterocycles. The minimum absolute atomic E-state index is 0.0757. The van der Waals surface area contributed by atoms with Crippen molar-refractivity contribution in [2.45, 2.75) is 38.0 Å². The van der Waals surface area contributed by atoms with Gasteiger partial charge in [-0.1, -0.05) is 18.2 Å². The molecule has 1 aliphatic rings. The molecule has 1 aliphatic carbocycles. The number of para-hydroxylation sites is 1. The molecule has 1 amide bonds. The Morgan fingerprint density at radius 2 is 2.12 bits per heavy atom. The molecule has 5 nitrogen and oxygen atoms in total. The Morgan fingerprint density at radius 3 is 2.83 bits per heavy atom. The van der Waals surface area contributed by atoms with E-state index in [4.69, 9.17) is 0 Å². The predicted octanol–water partition coefficient (Wildman–Crippen LogP) is 2.75. The number of rotatable bonds is 6. The van der Waals surface area contributed by atoms with Crippen LogP contribution < -0.4 is 5.32 Å². The number of halogens is 2. The molecule has 1 atom stereocenters. The number of benzene rings is 1. The fourth-order valence-electron chi connectivity index (χ4n) is 3.02. The number of carbonyl (C=O) groups is 1. The van der Waals surface area contributed by atoms with Gasteiger partial charge in [0.1, 0.15) is 12.2 Å². The maximum Gasteiger partial charge on any atom is 0.248 e. The SMILES string of the molecule is O=C(CCc1nncn1-c1ccccc1)NC[C@H]1CCC(F)(F)C1. The standard InChI is InChI=1S/C17H20F2N4O/c18-17(19)9-8-13(10-17)11-20-16(24)7-6-15-22-21-12-23(15)14-4-2-1-3-5-14/h1-5,12-13H,6-11H2,(H,20,24)/t13-/m0/s1. The first-order valence-electron chi connectivity index (χ1n) is 8.12. The Bertz CT molecular complexity index is 687. The highest BCUT2D eigenvalue weighted by Gasteiger charge is 2.39. The Hall–Kier alpha value is -2.31. The van der Waals surface area contributed by atoms with E-state index in [0.29, 0.717) is 25.2 Å². The maximum atomic E-state index is 13.1. The lowest BCUT2D eigenvalue weighted by Gasteiger charge is -2.12. The predicted molar refractivity (Wildman–Crippen MR) is 85.0 cm³/mol. The van der Waals surface area contributed by atoms with Crippen molar-refractivity contribution in [3.8, 4) is 5.69 Å². The number of hydrogen-bond acceptors (Lipinski definition) is 3. The van der Waals surface area contributed by atoms with Gasteiger partial charge in [-0.2, -0.15) is 0 Å². The van der Waals surface area contributed by atoms with E-state index in [1.807, 2.05) is 34.9 Å². The van der Waals surface area contributed by atoms with Crippen LogP contribution in [0.2, 0.25) is 0 Å². The molecule has 1 N–H and O–H groups in total. The number of hydrogen-bond donors (Lipinski definition) is 1. The molecule has 24 heavy (non-hydrogen) atoms. The topological polar surface area (TPSA) is 59.8 Å². The van der Waals surface area contributed by atoms with Gasteiger partial charge in [0.15, 0.2) is 0 Å². The summed E-state index contributed by atoms with van der Waals surface area (Å²) in [6.45, 7) is 0.319. The van der Waals surface area contributed by atoms with Crippen molar-refractivity contribution in [3.05, 3.63) is 42.5 Å². The van der Waals surface area contributed by atoms with Gasteiger partial charge in [0, 0.05) is 37.9 Å².